The van der Waals surface area contributed by atoms with Crippen LogP contribution in [0.2, 0.25) is 0 Å². The molecule has 2 saturated heterocycles. The average Bonchev–Trinajstić information content (AvgIpc) is 3.13. The Bertz CT molecular complexity index is 1400. The molecule has 0 aromatic heterocycles. The molecule has 16 nitrogen and oxygen atoms in total. The van der Waals surface area contributed by atoms with Crippen molar-refractivity contribution in [1.29, 1.82) is 0 Å². The molecule has 0 aliphatic carbocycles. The second kappa shape index (κ2) is 22.3. The van der Waals surface area contributed by atoms with Crippen LogP contribution in [0.5, 0.6) is 0 Å². The van der Waals surface area contributed by atoms with Gasteiger partial charge in [-0.25, -0.2) is 0 Å². The molecule has 16 heteroatoms. The highest BCUT2D eigenvalue weighted by atomic mass is 16.7. The highest BCUT2D eigenvalue weighted by Crippen LogP contribution is 2.37. The zero-order valence-corrected chi connectivity index (χ0v) is 35.1. The Hall–Kier alpha value is -3.09. The molecule has 3 rings (SSSR count). The molecule has 0 spiro atoms. The van der Waals surface area contributed by atoms with Crippen LogP contribution >= 0.6 is 0 Å². The fourth-order valence-electron chi connectivity index (χ4n) is 7.72. The van der Waals surface area contributed by atoms with Crippen LogP contribution in [0.25, 0.3) is 0 Å². The van der Waals surface area contributed by atoms with Crippen molar-refractivity contribution in [2.24, 2.45) is 11.8 Å². The van der Waals surface area contributed by atoms with Crippen molar-refractivity contribution < 1.29 is 72.1 Å². The summed E-state index contributed by atoms with van der Waals surface area (Å²) in [5, 5.41) is 23.4. The van der Waals surface area contributed by atoms with Crippen LogP contribution in [0.15, 0.2) is 24.3 Å². The van der Waals surface area contributed by atoms with Gasteiger partial charge in [-0.2, -0.15) is 0 Å². The van der Waals surface area contributed by atoms with Crippen LogP contribution in [0.4, 0.5) is 0 Å². The Labute approximate surface area is 336 Å². The van der Waals surface area contributed by atoms with Crippen molar-refractivity contribution in [3.8, 4) is 0 Å². The SMILES string of the molecule is CCC(=O)OC1CC(=O)O[C@H](C)C/C=C/C=C/C(=O)[C@H](C)CC(CC=O)[C@H](O[C@@H]2O[C@H](C)[C@@H](O[C@H]3C[C@@](C)(O)[C@@H](OC(=O)CC)[C@H](C)O3)[C@H](N(C)C)[C@H]2O)[C@H]1OC. The van der Waals surface area contributed by atoms with E-state index < -0.39 is 115 Å². The van der Waals surface area contributed by atoms with Gasteiger partial charge in [-0.05, 0) is 60.2 Å². The number of hydrogen-bond acceptors (Lipinski definition) is 16. The molecule has 0 saturated carbocycles. The summed E-state index contributed by atoms with van der Waals surface area (Å²) in [6, 6.07) is -0.793. The maximum Gasteiger partial charge on any atom is 0.309 e. The number of carbonyl (C=O) groups excluding carboxylic acids is 5. The van der Waals surface area contributed by atoms with Crippen molar-refractivity contribution in [2.45, 2.75) is 173 Å². The average molecular weight is 812 g/mol. The van der Waals surface area contributed by atoms with Gasteiger partial charge in [0.25, 0.3) is 0 Å². The van der Waals surface area contributed by atoms with Crippen LogP contribution in [0.1, 0.15) is 93.4 Å². The molecule has 3 aliphatic rings. The fourth-order valence-corrected chi connectivity index (χ4v) is 7.72. The van der Waals surface area contributed by atoms with E-state index in [4.69, 9.17) is 37.9 Å². The minimum absolute atomic E-state index is 0.0122. The number of aliphatic hydroxyl groups is 2. The number of cyclic esters (lactones) is 1. The van der Waals surface area contributed by atoms with Crippen molar-refractivity contribution in [3.05, 3.63) is 24.3 Å². The molecule has 15 atom stereocenters. The first kappa shape index (κ1) is 48.3. The molecule has 0 amide bonds. The molecule has 2 unspecified atom stereocenters. The molecule has 0 aromatic rings. The lowest BCUT2D eigenvalue weighted by Gasteiger charge is -2.50. The third kappa shape index (κ3) is 13.5. The number of hydrogen-bond donors (Lipinski definition) is 2. The first-order valence-electron chi connectivity index (χ1n) is 20.0. The smallest absolute Gasteiger partial charge is 0.309 e. The number of methoxy groups -OCH3 is 1. The number of aliphatic hydroxyl groups excluding tert-OH is 1. The zero-order valence-electron chi connectivity index (χ0n) is 35.1. The summed E-state index contributed by atoms with van der Waals surface area (Å²) < 4.78 is 48.4. The number of nitrogens with zero attached hydrogens (tertiary/aromatic N) is 1. The fraction of sp³-hybridized carbons (Fsp3) is 0.780. The number of ether oxygens (including phenoxy) is 8. The van der Waals surface area contributed by atoms with Gasteiger partial charge in [0.1, 0.15) is 42.4 Å². The van der Waals surface area contributed by atoms with Gasteiger partial charge in [0.15, 0.2) is 24.5 Å². The molecule has 324 valence electrons. The van der Waals surface area contributed by atoms with Crippen LogP contribution in [-0.2, 0) is 61.9 Å². The first-order valence-corrected chi connectivity index (χ1v) is 20.0. The predicted octanol–water partition coefficient (Wildman–Crippen LogP) is 2.98. The molecule has 0 aromatic carbocycles. The Morgan fingerprint density at radius 2 is 1.63 bits per heavy atom. The molecule has 3 heterocycles. The summed E-state index contributed by atoms with van der Waals surface area (Å²) in [5.41, 5.74) is -1.50. The van der Waals surface area contributed by atoms with Gasteiger partial charge in [-0.3, -0.25) is 19.2 Å². The van der Waals surface area contributed by atoms with Crippen molar-refractivity contribution in [3.63, 3.8) is 0 Å². The van der Waals surface area contributed by atoms with Gasteiger partial charge in [0.2, 0.25) is 0 Å². The van der Waals surface area contributed by atoms with Crippen molar-refractivity contribution in [2.75, 3.05) is 21.2 Å². The Morgan fingerprint density at radius 3 is 2.23 bits per heavy atom. The third-order valence-corrected chi connectivity index (χ3v) is 10.7. The summed E-state index contributed by atoms with van der Waals surface area (Å²) in [5.74, 6) is -3.31. The lowest BCUT2D eigenvalue weighted by molar-refractivity contribution is -0.344. The Balaban J connectivity index is 2.02. The number of carbonyl (C=O) groups is 5. The summed E-state index contributed by atoms with van der Waals surface area (Å²) in [7, 11) is 4.83. The van der Waals surface area contributed by atoms with Gasteiger partial charge in [0, 0.05) is 45.1 Å². The Morgan fingerprint density at radius 1 is 0.965 bits per heavy atom. The molecule has 3 aliphatic heterocycles. The van der Waals surface area contributed by atoms with Crippen LogP contribution in [0.3, 0.4) is 0 Å². The minimum Gasteiger partial charge on any atom is -0.462 e. The standard InChI is InChI=1S/C41H65NO15/c1-11-30(45)54-29-21-32(47)51-24(4)16-14-13-15-17-28(44)23(3)20-27(18-19-43)37(38(29)50-10)57-40-35(48)34(42(8)9)36(25(5)53-40)56-33-22-41(7,49)39(26(6)52-33)55-31(46)12-2/h13-15,17,19,23-27,29,33-40,48-49H,11-12,16,18,20-22H2,1-10H3/b14-13+,17-15+/t23-,24-,25-,26+,27?,29?,33+,34-,35-,36-,37+,38+,39+,40+,41-/m1/s1. The van der Waals surface area contributed by atoms with Gasteiger partial charge in [-0.1, -0.05) is 39.0 Å². The van der Waals surface area contributed by atoms with Crippen molar-refractivity contribution >= 4 is 30.0 Å². The first-order chi connectivity index (χ1) is 26.9. The highest BCUT2D eigenvalue weighted by Gasteiger charge is 2.53. The normalized spacial score (nSPS) is 39.8. The van der Waals surface area contributed by atoms with Crippen LogP contribution < -0.4 is 0 Å². The van der Waals surface area contributed by atoms with Crippen LogP contribution in [0, 0.1) is 11.8 Å². The topological polar surface area (TPSA) is 203 Å². The van der Waals surface area contributed by atoms with E-state index in [0.29, 0.717) is 12.7 Å². The van der Waals surface area contributed by atoms with E-state index in [9.17, 15) is 34.2 Å². The number of ketones is 1. The summed E-state index contributed by atoms with van der Waals surface area (Å²) in [6.45, 7) is 11.6. The molecule has 2 N–H and O–H groups in total. The monoisotopic (exact) mass is 811 g/mol. The lowest BCUT2D eigenvalue weighted by atomic mass is 9.83. The van der Waals surface area contributed by atoms with Gasteiger partial charge in [-0.15, -0.1) is 0 Å². The van der Waals surface area contributed by atoms with Crippen molar-refractivity contribution in [1.82, 2.24) is 4.90 Å². The van der Waals surface area contributed by atoms with E-state index in [1.807, 2.05) is 0 Å². The summed E-state index contributed by atoms with van der Waals surface area (Å²) in [6.07, 6.45) is -4.01. The highest BCUT2D eigenvalue weighted by molar-refractivity contribution is 5.91. The maximum absolute atomic E-state index is 13.3. The number of rotatable bonds is 12. The summed E-state index contributed by atoms with van der Waals surface area (Å²) >= 11 is 0. The van der Waals surface area contributed by atoms with E-state index in [1.54, 1.807) is 85.7 Å². The maximum atomic E-state index is 13.3. The predicted molar refractivity (Wildman–Crippen MR) is 204 cm³/mol. The van der Waals surface area contributed by atoms with E-state index in [2.05, 4.69) is 0 Å². The van der Waals surface area contributed by atoms with E-state index in [1.165, 1.54) is 13.2 Å². The number of aldehydes is 1. The molecular formula is C41H65NO15. The molecular weight excluding hydrogens is 746 g/mol. The van der Waals surface area contributed by atoms with Crippen LogP contribution in [-0.4, -0.2) is 145 Å². The van der Waals surface area contributed by atoms with Gasteiger partial charge < -0.3 is 57.8 Å². The third-order valence-electron chi connectivity index (χ3n) is 10.7. The number of esters is 3. The quantitative estimate of drug-likeness (QED) is 0.165. The zero-order chi connectivity index (χ0) is 42.6. The molecule has 57 heavy (non-hydrogen) atoms. The minimum atomic E-state index is -1.50. The number of likely N-dealkylation sites (N-methyl/N-ethyl adjacent to an activating group) is 1. The molecule has 2 fully saturated rings. The van der Waals surface area contributed by atoms with Gasteiger partial charge in [0.05, 0.1) is 30.8 Å². The second-order valence-electron chi connectivity index (χ2n) is 15.8. The van der Waals surface area contributed by atoms with Gasteiger partial charge >= 0.3 is 17.9 Å². The lowest BCUT2D eigenvalue weighted by Crippen LogP contribution is -2.66. The second-order valence-corrected chi connectivity index (χ2v) is 15.8. The van der Waals surface area contributed by atoms with E-state index in [0.717, 1.165) is 0 Å². The summed E-state index contributed by atoms with van der Waals surface area (Å²) in [4.78, 5) is 65.5. The Kier molecular flexibility index (Phi) is 18.9. The van der Waals surface area contributed by atoms with E-state index in [-0.39, 0.29) is 37.9 Å². The molecule has 0 radical (unpaired) electrons. The molecule has 0 bridgehead atoms. The largest absolute Gasteiger partial charge is 0.462 e. The van der Waals surface area contributed by atoms with E-state index >= 15 is 0 Å². The number of allylic oxidation sites excluding steroid dienone is 3.